The highest BCUT2D eigenvalue weighted by Gasteiger charge is 2.25. The van der Waals surface area contributed by atoms with Crippen LogP contribution in [0.25, 0.3) is 22.1 Å². The summed E-state index contributed by atoms with van der Waals surface area (Å²) >= 11 is 1.37. The Kier molecular flexibility index (Phi) is 8.03. The quantitative estimate of drug-likeness (QED) is 0.236. The lowest BCUT2D eigenvalue weighted by Gasteiger charge is -2.32. The van der Waals surface area contributed by atoms with Gasteiger partial charge in [0.05, 0.1) is 10.8 Å². The number of nitrogens with zero attached hydrogens (tertiary/aromatic N) is 5. The van der Waals surface area contributed by atoms with Crippen molar-refractivity contribution in [2.45, 2.75) is 63.2 Å². The Hall–Kier alpha value is -3.75. The van der Waals surface area contributed by atoms with Crippen LogP contribution in [0.15, 0.2) is 78.0 Å². The molecule has 1 saturated heterocycles. The molecule has 0 radical (unpaired) electrons. The van der Waals surface area contributed by atoms with Gasteiger partial charge in [0.2, 0.25) is 11.1 Å². The fourth-order valence-electron chi connectivity index (χ4n) is 5.55. The third-order valence-corrected chi connectivity index (χ3v) is 8.85. The van der Waals surface area contributed by atoms with Gasteiger partial charge in [0.15, 0.2) is 5.65 Å². The zero-order valence-electron chi connectivity index (χ0n) is 23.9. The number of aromatic nitrogens is 4. The topological polar surface area (TPSA) is 75.9 Å². The Morgan fingerprint density at radius 1 is 0.927 bits per heavy atom. The molecule has 3 heterocycles. The fraction of sp³-hybridized carbons (Fsp3) is 0.333. The van der Waals surface area contributed by atoms with E-state index >= 15 is 0 Å². The molecular weight excluding hydrogens is 528 g/mol. The second kappa shape index (κ2) is 12.0. The fourth-order valence-corrected chi connectivity index (χ4v) is 6.27. The molecule has 1 N–H and O–H groups in total. The van der Waals surface area contributed by atoms with Crippen LogP contribution in [0.5, 0.6) is 0 Å². The van der Waals surface area contributed by atoms with Gasteiger partial charge in [-0.2, -0.15) is 0 Å². The molecule has 1 unspecified atom stereocenters. The first-order valence-electron chi connectivity index (χ1n) is 14.3. The molecule has 1 aliphatic heterocycles. The maximum atomic E-state index is 13.1. The van der Waals surface area contributed by atoms with Crippen LogP contribution in [-0.2, 0) is 17.9 Å². The van der Waals surface area contributed by atoms with Crippen molar-refractivity contribution in [2.75, 3.05) is 13.1 Å². The summed E-state index contributed by atoms with van der Waals surface area (Å²) in [5.74, 6) is 0.0241. The van der Waals surface area contributed by atoms with Crippen molar-refractivity contribution < 1.29 is 4.79 Å². The first-order valence-corrected chi connectivity index (χ1v) is 15.2. The minimum atomic E-state index is -0.325. The number of benzene rings is 3. The van der Waals surface area contributed by atoms with Crippen molar-refractivity contribution in [1.29, 1.82) is 0 Å². The van der Waals surface area contributed by atoms with Gasteiger partial charge in [0, 0.05) is 37.6 Å². The number of hydrogen-bond acceptors (Lipinski definition) is 6. The van der Waals surface area contributed by atoms with E-state index < -0.39 is 0 Å². The van der Waals surface area contributed by atoms with Crippen LogP contribution >= 0.6 is 11.8 Å². The zero-order chi connectivity index (χ0) is 28.3. The molecule has 1 amide bonds. The van der Waals surface area contributed by atoms with Crippen molar-refractivity contribution in [3.8, 4) is 0 Å². The summed E-state index contributed by atoms with van der Waals surface area (Å²) in [4.78, 5) is 20.5. The molecule has 0 spiro atoms. The molecule has 1 fully saturated rings. The normalized spacial score (nSPS) is 15.4. The maximum Gasteiger partial charge on any atom is 0.233 e. The average molecular weight is 565 g/mol. The van der Waals surface area contributed by atoms with E-state index in [1.54, 1.807) is 0 Å². The van der Waals surface area contributed by atoms with E-state index in [0.29, 0.717) is 11.7 Å². The number of fused-ring (bicyclic) bond motifs is 3. The molecule has 0 bridgehead atoms. The van der Waals surface area contributed by atoms with Crippen LogP contribution in [-0.4, -0.2) is 54.9 Å². The third kappa shape index (κ3) is 6.29. The van der Waals surface area contributed by atoms with E-state index in [1.807, 2.05) is 6.92 Å². The number of amides is 1. The van der Waals surface area contributed by atoms with Crippen LogP contribution in [0.3, 0.4) is 0 Å². The molecular formula is C33H36N6OS. The number of thioether (sulfide) groups is 1. The second-order valence-electron chi connectivity index (χ2n) is 11.2. The predicted octanol–water partition coefficient (Wildman–Crippen LogP) is 5.91. The molecule has 6 rings (SSSR count). The molecule has 0 saturated carbocycles. The Bertz CT molecular complexity index is 1660. The van der Waals surface area contributed by atoms with Gasteiger partial charge >= 0.3 is 0 Å². The first kappa shape index (κ1) is 27.4. The Labute approximate surface area is 245 Å². The van der Waals surface area contributed by atoms with E-state index in [-0.39, 0.29) is 17.2 Å². The number of aryl methyl sites for hydroxylation is 2. The van der Waals surface area contributed by atoms with Gasteiger partial charge in [-0.05, 0) is 56.9 Å². The number of likely N-dealkylation sites (tertiary alicyclic amines) is 1. The second-order valence-corrected chi connectivity index (χ2v) is 12.5. The van der Waals surface area contributed by atoms with E-state index in [0.717, 1.165) is 54.5 Å². The standard InChI is InChI=1S/C33H36N6OS/c1-22-9-12-26(13-10-22)21-39-29-14-11-23(2)19-28(29)30-31(39)35-33(37-36-30)41-24(3)32(40)34-27-15-17-38(18-16-27)20-25-7-5-4-6-8-25/h4-14,19,24,27H,15-18,20-21H2,1-3H3,(H,34,40). The van der Waals surface area contributed by atoms with Gasteiger partial charge in [-0.15, -0.1) is 10.2 Å². The Balaban J connectivity index is 1.14. The highest BCUT2D eigenvalue weighted by Crippen LogP contribution is 2.30. The number of hydrogen-bond donors (Lipinski definition) is 1. The lowest BCUT2D eigenvalue weighted by molar-refractivity contribution is -0.121. The summed E-state index contributed by atoms with van der Waals surface area (Å²) in [6.07, 6.45) is 1.91. The highest BCUT2D eigenvalue weighted by atomic mass is 32.2. The van der Waals surface area contributed by atoms with Gasteiger partial charge in [-0.25, -0.2) is 4.98 Å². The zero-order valence-corrected chi connectivity index (χ0v) is 24.7. The number of carbonyl (C=O) groups excluding carboxylic acids is 1. The average Bonchev–Trinajstić information content (AvgIpc) is 3.27. The van der Waals surface area contributed by atoms with E-state index in [4.69, 9.17) is 4.98 Å². The molecule has 3 aromatic carbocycles. The number of nitrogens with one attached hydrogen (secondary N) is 1. The van der Waals surface area contributed by atoms with Crippen molar-refractivity contribution in [1.82, 2.24) is 30.0 Å². The summed E-state index contributed by atoms with van der Waals surface area (Å²) in [6, 6.07) is 25.7. The first-order chi connectivity index (χ1) is 19.9. The van der Waals surface area contributed by atoms with E-state index in [9.17, 15) is 4.79 Å². The minimum Gasteiger partial charge on any atom is -0.352 e. The van der Waals surface area contributed by atoms with Gasteiger partial charge in [0.1, 0.15) is 5.52 Å². The smallest absolute Gasteiger partial charge is 0.233 e. The Morgan fingerprint density at radius 2 is 1.63 bits per heavy atom. The maximum absolute atomic E-state index is 13.1. The molecule has 1 atom stereocenters. The van der Waals surface area contributed by atoms with Crippen molar-refractivity contribution in [3.63, 3.8) is 0 Å². The summed E-state index contributed by atoms with van der Waals surface area (Å²) in [7, 11) is 0. The molecule has 1 aliphatic rings. The summed E-state index contributed by atoms with van der Waals surface area (Å²) in [6.45, 7) is 9.71. The molecule has 2 aromatic heterocycles. The van der Waals surface area contributed by atoms with Crippen LogP contribution < -0.4 is 5.32 Å². The van der Waals surface area contributed by atoms with Crippen molar-refractivity contribution in [3.05, 3.63) is 95.1 Å². The molecule has 0 aliphatic carbocycles. The lowest BCUT2D eigenvalue weighted by Crippen LogP contribution is -2.46. The van der Waals surface area contributed by atoms with Crippen molar-refractivity contribution >= 4 is 39.7 Å². The Morgan fingerprint density at radius 3 is 2.39 bits per heavy atom. The van der Waals surface area contributed by atoms with Gasteiger partial charge < -0.3 is 9.88 Å². The molecule has 8 heteroatoms. The van der Waals surface area contributed by atoms with Crippen LogP contribution in [0.2, 0.25) is 0 Å². The van der Waals surface area contributed by atoms with Crippen LogP contribution in [0, 0.1) is 13.8 Å². The number of rotatable bonds is 8. The summed E-state index contributed by atoms with van der Waals surface area (Å²) in [5.41, 5.74) is 7.60. The molecule has 41 heavy (non-hydrogen) atoms. The molecule has 5 aromatic rings. The van der Waals surface area contributed by atoms with Gasteiger partial charge in [0.25, 0.3) is 0 Å². The van der Waals surface area contributed by atoms with E-state index in [1.165, 1.54) is 34.0 Å². The molecule has 210 valence electrons. The predicted molar refractivity (Wildman–Crippen MR) is 166 cm³/mol. The number of piperidine rings is 1. The summed E-state index contributed by atoms with van der Waals surface area (Å²) in [5, 5.41) is 13.6. The molecule has 7 nitrogen and oxygen atoms in total. The lowest BCUT2D eigenvalue weighted by atomic mass is 10.0. The van der Waals surface area contributed by atoms with E-state index in [2.05, 4.69) is 112 Å². The SMILES string of the molecule is Cc1ccc(Cn2c3ccc(C)cc3c3nnc(SC(C)C(=O)NC4CCN(Cc5ccccc5)CC4)nc32)cc1. The van der Waals surface area contributed by atoms with Crippen LogP contribution in [0.1, 0.15) is 42.0 Å². The van der Waals surface area contributed by atoms with Crippen LogP contribution in [0.4, 0.5) is 0 Å². The van der Waals surface area contributed by atoms with Gasteiger partial charge in [-0.1, -0.05) is 83.6 Å². The van der Waals surface area contributed by atoms with Gasteiger partial charge in [-0.3, -0.25) is 9.69 Å². The summed E-state index contributed by atoms with van der Waals surface area (Å²) < 4.78 is 2.21. The third-order valence-electron chi connectivity index (χ3n) is 7.90. The highest BCUT2D eigenvalue weighted by molar-refractivity contribution is 8.00. The number of carbonyl (C=O) groups is 1. The van der Waals surface area contributed by atoms with Crippen molar-refractivity contribution in [2.24, 2.45) is 0 Å². The largest absolute Gasteiger partial charge is 0.352 e. The minimum absolute atomic E-state index is 0.0241. The monoisotopic (exact) mass is 564 g/mol.